The molecule has 4 rings (SSSR count). The lowest BCUT2D eigenvalue weighted by Crippen LogP contribution is -2.46. The van der Waals surface area contributed by atoms with Crippen molar-refractivity contribution in [3.8, 4) is 0 Å². The van der Waals surface area contributed by atoms with Crippen molar-refractivity contribution in [2.75, 3.05) is 30.4 Å². The van der Waals surface area contributed by atoms with E-state index in [0.29, 0.717) is 36.4 Å². The summed E-state index contributed by atoms with van der Waals surface area (Å²) >= 11 is 0. The second-order valence-corrected chi connectivity index (χ2v) is 7.60. The van der Waals surface area contributed by atoms with Gasteiger partial charge in [-0.05, 0) is 26.3 Å². The van der Waals surface area contributed by atoms with E-state index in [4.69, 9.17) is 4.74 Å². The highest BCUT2D eigenvalue weighted by Crippen LogP contribution is 2.25. The number of alkyl halides is 1. The van der Waals surface area contributed by atoms with E-state index in [9.17, 15) is 9.50 Å². The maximum Gasteiger partial charge on any atom is 0.227 e. The number of halogens is 1. The van der Waals surface area contributed by atoms with E-state index >= 15 is 0 Å². The van der Waals surface area contributed by atoms with Gasteiger partial charge in [0.1, 0.15) is 35.8 Å². The van der Waals surface area contributed by atoms with Gasteiger partial charge < -0.3 is 24.6 Å². The number of aromatic nitrogens is 5. The van der Waals surface area contributed by atoms with Crippen LogP contribution in [0.2, 0.25) is 0 Å². The van der Waals surface area contributed by atoms with Crippen molar-refractivity contribution >= 4 is 28.6 Å². The molecule has 0 spiro atoms. The van der Waals surface area contributed by atoms with Gasteiger partial charge >= 0.3 is 0 Å². The van der Waals surface area contributed by atoms with Crippen LogP contribution in [0.5, 0.6) is 0 Å². The summed E-state index contributed by atoms with van der Waals surface area (Å²) in [5.74, 6) is 2.23. The van der Waals surface area contributed by atoms with Crippen molar-refractivity contribution in [1.82, 2.24) is 24.5 Å². The van der Waals surface area contributed by atoms with Crippen LogP contribution in [0.3, 0.4) is 0 Å². The fourth-order valence-electron chi connectivity index (χ4n) is 3.84. The van der Waals surface area contributed by atoms with Crippen LogP contribution in [0.1, 0.15) is 32.1 Å². The number of imidazole rings is 1. The largest absolute Gasteiger partial charge is 0.388 e. The zero-order chi connectivity index (χ0) is 21.3. The van der Waals surface area contributed by atoms with Gasteiger partial charge in [-0.2, -0.15) is 4.98 Å². The normalized spacial score (nSPS) is 19.6. The highest BCUT2D eigenvalue weighted by atomic mass is 19.1. The van der Waals surface area contributed by atoms with E-state index < -0.39 is 6.17 Å². The highest BCUT2D eigenvalue weighted by Gasteiger charge is 2.30. The Morgan fingerprint density at radius 3 is 2.83 bits per heavy atom. The Bertz CT molecular complexity index is 1030. The Kier molecular flexibility index (Phi) is 5.78. The van der Waals surface area contributed by atoms with Gasteiger partial charge in [-0.1, -0.05) is 0 Å². The number of piperidine rings is 1. The summed E-state index contributed by atoms with van der Waals surface area (Å²) in [5.41, 5.74) is 1.60. The van der Waals surface area contributed by atoms with Crippen molar-refractivity contribution in [1.29, 1.82) is 0 Å². The summed E-state index contributed by atoms with van der Waals surface area (Å²) in [7, 11) is 1.53. The Balaban J connectivity index is 1.57. The van der Waals surface area contributed by atoms with Gasteiger partial charge in [-0.25, -0.2) is 19.3 Å². The molecule has 0 aromatic carbocycles. The number of hydrogen-bond donors (Lipinski definition) is 2. The molecule has 3 aromatic heterocycles. The van der Waals surface area contributed by atoms with Crippen molar-refractivity contribution in [3.63, 3.8) is 0 Å². The SMILES string of the molecule is COC1CCN(c2nccc(Nc3cc4c(cn3)nc(CO)n4C(C)C)n2)CC1F. The number of aliphatic hydroxyl groups excluding tert-OH is 1. The van der Waals surface area contributed by atoms with Crippen LogP contribution in [0.15, 0.2) is 24.5 Å². The maximum atomic E-state index is 14.2. The van der Waals surface area contributed by atoms with E-state index in [1.54, 1.807) is 18.5 Å². The average Bonchev–Trinajstić information content (AvgIpc) is 3.12. The average molecular weight is 415 g/mol. The predicted molar refractivity (Wildman–Crippen MR) is 112 cm³/mol. The Hall–Kier alpha value is -2.85. The molecule has 2 N–H and O–H groups in total. The minimum Gasteiger partial charge on any atom is -0.388 e. The third-order valence-corrected chi connectivity index (χ3v) is 5.27. The summed E-state index contributed by atoms with van der Waals surface area (Å²) in [6, 6.07) is 3.76. The van der Waals surface area contributed by atoms with Crippen LogP contribution in [0.4, 0.5) is 22.0 Å². The second-order valence-electron chi connectivity index (χ2n) is 7.60. The molecule has 1 aliphatic rings. The molecule has 10 heteroatoms. The first kappa shape index (κ1) is 20.4. The van der Waals surface area contributed by atoms with E-state index in [-0.39, 0.29) is 25.3 Å². The Morgan fingerprint density at radius 1 is 1.30 bits per heavy atom. The molecule has 0 saturated carbocycles. The Morgan fingerprint density at radius 2 is 2.13 bits per heavy atom. The molecule has 2 atom stereocenters. The zero-order valence-electron chi connectivity index (χ0n) is 17.3. The number of nitrogens with zero attached hydrogens (tertiary/aromatic N) is 6. The van der Waals surface area contributed by atoms with Crippen LogP contribution in [-0.4, -0.2) is 62.1 Å². The van der Waals surface area contributed by atoms with Gasteiger partial charge in [0.2, 0.25) is 5.95 Å². The molecule has 1 aliphatic heterocycles. The van der Waals surface area contributed by atoms with Gasteiger partial charge in [0, 0.05) is 32.0 Å². The lowest BCUT2D eigenvalue weighted by molar-refractivity contribution is 0.0194. The van der Waals surface area contributed by atoms with Crippen LogP contribution < -0.4 is 10.2 Å². The molecule has 0 radical (unpaired) electrons. The summed E-state index contributed by atoms with van der Waals surface area (Å²) in [6.45, 7) is 4.76. The van der Waals surface area contributed by atoms with Crippen molar-refractivity contribution < 1.29 is 14.2 Å². The van der Waals surface area contributed by atoms with Crippen LogP contribution >= 0.6 is 0 Å². The molecule has 0 bridgehead atoms. The molecular formula is C20H26FN7O2. The number of rotatable bonds is 6. The molecule has 1 saturated heterocycles. The third-order valence-electron chi connectivity index (χ3n) is 5.27. The number of methoxy groups -OCH3 is 1. The van der Waals surface area contributed by atoms with Gasteiger partial charge in [0.15, 0.2) is 0 Å². The summed E-state index contributed by atoms with van der Waals surface area (Å²) in [5, 5.41) is 12.8. The number of fused-ring (bicyclic) bond motifs is 1. The van der Waals surface area contributed by atoms with Gasteiger partial charge in [-0.3, -0.25) is 0 Å². The van der Waals surface area contributed by atoms with E-state index in [1.165, 1.54) is 7.11 Å². The molecule has 3 aromatic rings. The fraction of sp³-hybridized carbons (Fsp3) is 0.500. The summed E-state index contributed by atoms with van der Waals surface area (Å²) < 4.78 is 21.4. The molecule has 1 fully saturated rings. The Labute approximate surface area is 173 Å². The maximum absolute atomic E-state index is 14.2. The number of pyridine rings is 1. The molecule has 0 amide bonds. The van der Waals surface area contributed by atoms with Crippen LogP contribution in [-0.2, 0) is 11.3 Å². The van der Waals surface area contributed by atoms with E-state index in [1.807, 2.05) is 29.4 Å². The standard InChI is InChI=1S/C20H26FN7O2/c1-12(2)28-15-8-18(23-9-14(15)24-19(28)11-29)25-17-4-6-22-20(26-17)27-7-5-16(30-3)13(21)10-27/h4,6,8-9,12-13,16,29H,5,7,10-11H2,1-3H3,(H,22,23,25,26). The number of hydrogen-bond acceptors (Lipinski definition) is 8. The first-order valence-electron chi connectivity index (χ1n) is 9.99. The first-order valence-corrected chi connectivity index (χ1v) is 9.99. The number of aliphatic hydroxyl groups is 1. The highest BCUT2D eigenvalue weighted by molar-refractivity contribution is 5.79. The quantitative estimate of drug-likeness (QED) is 0.634. The third kappa shape index (κ3) is 3.92. The minimum absolute atomic E-state index is 0.139. The van der Waals surface area contributed by atoms with Crippen molar-refractivity contribution in [2.45, 2.75) is 45.2 Å². The second kappa shape index (κ2) is 8.49. The van der Waals surface area contributed by atoms with Gasteiger partial charge in [0.25, 0.3) is 0 Å². The number of ether oxygens (including phenoxy) is 1. The van der Waals surface area contributed by atoms with Gasteiger partial charge in [0.05, 0.1) is 24.4 Å². The fourth-order valence-corrected chi connectivity index (χ4v) is 3.84. The van der Waals surface area contributed by atoms with E-state index in [0.717, 1.165) is 11.0 Å². The predicted octanol–water partition coefficient (Wildman–Crippen LogP) is 2.60. The molecule has 2 unspecified atom stereocenters. The molecule has 9 nitrogen and oxygen atoms in total. The topological polar surface area (TPSA) is 101 Å². The zero-order valence-corrected chi connectivity index (χ0v) is 17.3. The van der Waals surface area contributed by atoms with Crippen LogP contribution in [0.25, 0.3) is 11.0 Å². The number of anilines is 3. The monoisotopic (exact) mass is 415 g/mol. The first-order chi connectivity index (χ1) is 14.5. The van der Waals surface area contributed by atoms with Gasteiger partial charge in [-0.15, -0.1) is 0 Å². The van der Waals surface area contributed by atoms with Crippen molar-refractivity contribution in [3.05, 3.63) is 30.4 Å². The van der Waals surface area contributed by atoms with E-state index in [2.05, 4.69) is 25.3 Å². The molecule has 30 heavy (non-hydrogen) atoms. The smallest absolute Gasteiger partial charge is 0.227 e. The molecule has 4 heterocycles. The minimum atomic E-state index is -1.08. The lowest BCUT2D eigenvalue weighted by atomic mass is 10.1. The van der Waals surface area contributed by atoms with Crippen molar-refractivity contribution in [2.24, 2.45) is 0 Å². The molecule has 0 aliphatic carbocycles. The van der Waals surface area contributed by atoms with Crippen LogP contribution in [0, 0.1) is 0 Å². The lowest BCUT2D eigenvalue weighted by Gasteiger charge is -2.33. The number of nitrogens with one attached hydrogen (secondary N) is 1. The molecule has 160 valence electrons. The summed E-state index contributed by atoms with van der Waals surface area (Å²) in [4.78, 5) is 19.5. The molecular weight excluding hydrogens is 389 g/mol. The summed E-state index contributed by atoms with van der Waals surface area (Å²) in [6.07, 6.45) is 2.43.